The number of nitrogens with zero attached hydrogens (tertiary/aromatic N) is 1. The molecule has 0 saturated carbocycles. The molecular formula is C14H10BrClN2. The van der Waals surface area contributed by atoms with Crippen LogP contribution in [0.1, 0.15) is 11.1 Å². The molecule has 2 nitrogen and oxygen atoms in total. The van der Waals surface area contributed by atoms with Crippen LogP contribution in [-0.2, 0) is 0 Å². The summed E-state index contributed by atoms with van der Waals surface area (Å²) in [4.78, 5) is 0. The summed E-state index contributed by atoms with van der Waals surface area (Å²) >= 11 is 9.42. The summed E-state index contributed by atoms with van der Waals surface area (Å²) in [5, 5.41) is 12.8. The van der Waals surface area contributed by atoms with Gasteiger partial charge in [-0.15, -0.1) is 0 Å². The molecule has 1 N–H and O–H groups in total. The molecular weight excluding hydrogens is 312 g/mol. The average molecular weight is 322 g/mol. The highest BCUT2D eigenvalue weighted by atomic mass is 79.9. The monoisotopic (exact) mass is 320 g/mol. The molecule has 0 aliphatic rings. The lowest BCUT2D eigenvalue weighted by Crippen LogP contribution is -1.94. The van der Waals surface area contributed by atoms with Gasteiger partial charge in [-0.25, -0.2) is 0 Å². The van der Waals surface area contributed by atoms with Crippen LogP contribution in [0.25, 0.3) is 0 Å². The first-order valence-corrected chi connectivity index (χ1v) is 6.50. The summed E-state index contributed by atoms with van der Waals surface area (Å²) in [6, 6.07) is 13.2. The van der Waals surface area contributed by atoms with Gasteiger partial charge in [0, 0.05) is 15.2 Å². The molecule has 0 heterocycles. The minimum atomic E-state index is 0.621. The van der Waals surface area contributed by atoms with Crippen LogP contribution < -0.4 is 5.32 Å². The Morgan fingerprint density at radius 2 is 1.94 bits per heavy atom. The van der Waals surface area contributed by atoms with E-state index in [0.29, 0.717) is 10.6 Å². The van der Waals surface area contributed by atoms with Crippen LogP contribution in [0, 0.1) is 18.3 Å². The normalized spacial score (nSPS) is 9.89. The van der Waals surface area contributed by atoms with Gasteiger partial charge in [-0.2, -0.15) is 5.26 Å². The van der Waals surface area contributed by atoms with Gasteiger partial charge in [-0.05, 0) is 58.7 Å². The van der Waals surface area contributed by atoms with Crippen LogP contribution in [0.3, 0.4) is 0 Å². The van der Waals surface area contributed by atoms with Crippen molar-refractivity contribution in [3.8, 4) is 6.07 Å². The molecule has 0 aliphatic carbocycles. The Hall–Kier alpha value is -1.50. The second-order valence-electron chi connectivity index (χ2n) is 3.89. The molecule has 0 atom stereocenters. The highest BCUT2D eigenvalue weighted by molar-refractivity contribution is 9.10. The molecule has 0 bridgehead atoms. The molecule has 2 rings (SSSR count). The Bertz CT molecular complexity index is 632. The number of halogens is 2. The third-order valence-corrected chi connectivity index (χ3v) is 3.46. The van der Waals surface area contributed by atoms with E-state index in [4.69, 9.17) is 16.9 Å². The number of nitriles is 1. The van der Waals surface area contributed by atoms with Gasteiger partial charge in [0.25, 0.3) is 0 Å². The highest BCUT2D eigenvalue weighted by Gasteiger charge is 2.04. The van der Waals surface area contributed by atoms with E-state index >= 15 is 0 Å². The number of nitrogens with one attached hydrogen (secondary N) is 1. The van der Waals surface area contributed by atoms with E-state index in [0.717, 1.165) is 21.4 Å². The molecule has 18 heavy (non-hydrogen) atoms. The van der Waals surface area contributed by atoms with Gasteiger partial charge in [-0.1, -0.05) is 17.7 Å². The van der Waals surface area contributed by atoms with Gasteiger partial charge in [0.2, 0.25) is 0 Å². The zero-order valence-corrected chi connectivity index (χ0v) is 12.0. The lowest BCUT2D eigenvalue weighted by atomic mass is 10.1. The van der Waals surface area contributed by atoms with E-state index in [1.807, 2.05) is 31.2 Å². The summed E-state index contributed by atoms with van der Waals surface area (Å²) in [5.41, 5.74) is 3.58. The zero-order chi connectivity index (χ0) is 13.1. The van der Waals surface area contributed by atoms with Gasteiger partial charge in [0.15, 0.2) is 0 Å². The van der Waals surface area contributed by atoms with Crippen molar-refractivity contribution in [2.75, 3.05) is 5.32 Å². The predicted molar refractivity (Wildman–Crippen MR) is 78.3 cm³/mol. The smallest absolute Gasteiger partial charge is 0.0992 e. The Morgan fingerprint density at radius 1 is 1.17 bits per heavy atom. The number of rotatable bonds is 2. The molecule has 0 fully saturated rings. The summed E-state index contributed by atoms with van der Waals surface area (Å²) in [5.74, 6) is 0. The Labute approximate surface area is 119 Å². The lowest BCUT2D eigenvalue weighted by molar-refractivity contribution is 1.41. The first-order valence-electron chi connectivity index (χ1n) is 5.33. The highest BCUT2D eigenvalue weighted by Crippen LogP contribution is 2.29. The summed E-state index contributed by atoms with van der Waals surface area (Å²) in [7, 11) is 0. The first-order chi connectivity index (χ1) is 8.60. The molecule has 0 spiro atoms. The zero-order valence-electron chi connectivity index (χ0n) is 9.67. The van der Waals surface area contributed by atoms with Crippen molar-refractivity contribution in [3.63, 3.8) is 0 Å². The van der Waals surface area contributed by atoms with Crippen molar-refractivity contribution < 1.29 is 0 Å². The van der Waals surface area contributed by atoms with Crippen LogP contribution in [0.15, 0.2) is 40.9 Å². The Balaban J connectivity index is 2.34. The number of hydrogen-bond donors (Lipinski definition) is 1. The second kappa shape index (κ2) is 5.43. The summed E-state index contributed by atoms with van der Waals surface area (Å²) in [6.45, 7) is 2.01. The van der Waals surface area contributed by atoms with Gasteiger partial charge >= 0.3 is 0 Å². The van der Waals surface area contributed by atoms with Crippen LogP contribution in [0.2, 0.25) is 5.02 Å². The van der Waals surface area contributed by atoms with E-state index < -0.39 is 0 Å². The quantitative estimate of drug-likeness (QED) is 0.842. The third kappa shape index (κ3) is 2.84. The van der Waals surface area contributed by atoms with Crippen LogP contribution in [-0.4, -0.2) is 0 Å². The number of hydrogen-bond acceptors (Lipinski definition) is 2. The number of anilines is 2. The van der Waals surface area contributed by atoms with Crippen molar-refractivity contribution in [3.05, 3.63) is 57.0 Å². The van der Waals surface area contributed by atoms with Crippen molar-refractivity contribution in [2.24, 2.45) is 0 Å². The SMILES string of the molecule is Cc1ccc(Cl)cc1Nc1ccc(C#N)cc1Br. The van der Waals surface area contributed by atoms with Crippen LogP contribution in [0.4, 0.5) is 11.4 Å². The molecule has 90 valence electrons. The summed E-state index contributed by atoms with van der Waals surface area (Å²) < 4.78 is 0.848. The second-order valence-corrected chi connectivity index (χ2v) is 5.18. The molecule has 0 unspecified atom stereocenters. The minimum absolute atomic E-state index is 0.621. The van der Waals surface area contributed by atoms with Crippen molar-refractivity contribution >= 4 is 38.9 Å². The molecule has 2 aromatic carbocycles. The Kier molecular flexibility index (Phi) is 3.90. The number of aryl methyl sites for hydroxylation is 1. The molecule has 0 saturated heterocycles. The van der Waals surface area contributed by atoms with E-state index in [-0.39, 0.29) is 0 Å². The standard InChI is InChI=1S/C14H10BrClN2/c1-9-2-4-11(16)7-14(9)18-13-5-3-10(8-17)6-12(13)15/h2-7,18H,1H3. The van der Waals surface area contributed by atoms with Gasteiger partial charge in [-0.3, -0.25) is 0 Å². The average Bonchev–Trinajstić information content (AvgIpc) is 2.36. The van der Waals surface area contributed by atoms with E-state index in [9.17, 15) is 0 Å². The molecule has 0 aromatic heterocycles. The Morgan fingerprint density at radius 3 is 2.61 bits per heavy atom. The maximum Gasteiger partial charge on any atom is 0.0992 e. The van der Waals surface area contributed by atoms with Crippen molar-refractivity contribution in [1.82, 2.24) is 0 Å². The fourth-order valence-electron chi connectivity index (χ4n) is 1.56. The topological polar surface area (TPSA) is 35.8 Å². The number of benzene rings is 2. The summed E-state index contributed by atoms with van der Waals surface area (Å²) in [6.07, 6.45) is 0. The lowest BCUT2D eigenvalue weighted by Gasteiger charge is -2.11. The predicted octanol–water partition coefficient (Wildman–Crippen LogP) is 5.03. The molecule has 2 aromatic rings. The van der Waals surface area contributed by atoms with E-state index in [2.05, 4.69) is 27.3 Å². The molecule has 0 aliphatic heterocycles. The van der Waals surface area contributed by atoms with Crippen molar-refractivity contribution in [1.29, 1.82) is 5.26 Å². The van der Waals surface area contributed by atoms with Crippen LogP contribution >= 0.6 is 27.5 Å². The largest absolute Gasteiger partial charge is 0.354 e. The molecule has 4 heteroatoms. The van der Waals surface area contributed by atoms with Crippen LogP contribution in [0.5, 0.6) is 0 Å². The fourth-order valence-corrected chi connectivity index (χ4v) is 2.21. The van der Waals surface area contributed by atoms with E-state index in [1.54, 1.807) is 12.1 Å². The van der Waals surface area contributed by atoms with Gasteiger partial charge < -0.3 is 5.32 Å². The van der Waals surface area contributed by atoms with Gasteiger partial charge in [0.05, 0.1) is 17.3 Å². The minimum Gasteiger partial charge on any atom is -0.354 e. The first kappa shape index (κ1) is 12.9. The van der Waals surface area contributed by atoms with E-state index in [1.165, 1.54) is 0 Å². The third-order valence-electron chi connectivity index (χ3n) is 2.57. The maximum atomic E-state index is 8.81. The molecule has 0 radical (unpaired) electrons. The van der Waals surface area contributed by atoms with Gasteiger partial charge in [0.1, 0.15) is 0 Å². The fraction of sp³-hybridized carbons (Fsp3) is 0.0714. The maximum absolute atomic E-state index is 8.81. The van der Waals surface area contributed by atoms with Crippen molar-refractivity contribution in [2.45, 2.75) is 6.92 Å². The molecule has 0 amide bonds.